The molecule has 0 bridgehead atoms. The number of aliphatic hydroxyl groups is 1. The van der Waals surface area contributed by atoms with Crippen molar-refractivity contribution >= 4 is 29.2 Å². The molecule has 1 aliphatic heterocycles. The van der Waals surface area contributed by atoms with Crippen LogP contribution in [-0.2, 0) is 0 Å². The van der Waals surface area contributed by atoms with Crippen LogP contribution >= 0.6 is 23.2 Å². The van der Waals surface area contributed by atoms with Crippen molar-refractivity contribution in [1.29, 1.82) is 0 Å². The molecule has 2 N–H and O–H groups in total. The predicted molar refractivity (Wildman–Crippen MR) is 86.8 cm³/mol. The molecule has 0 aromatic heterocycles. The summed E-state index contributed by atoms with van der Waals surface area (Å²) in [5.41, 5.74) is 0. The summed E-state index contributed by atoms with van der Waals surface area (Å²) >= 11 is 11.8. The number of rotatable bonds is 6. The van der Waals surface area contributed by atoms with Crippen LogP contribution in [0.4, 0.5) is 4.79 Å². The average molecular weight is 347 g/mol. The van der Waals surface area contributed by atoms with E-state index in [1.54, 1.807) is 23.1 Å². The Hall–Kier alpha value is -1.17. The molecule has 122 valence electrons. The van der Waals surface area contributed by atoms with Crippen molar-refractivity contribution in [3.8, 4) is 5.75 Å². The number of aliphatic hydroxyl groups excluding tert-OH is 1. The third-order valence-corrected chi connectivity index (χ3v) is 4.13. The Bertz CT molecular complexity index is 514. The van der Waals surface area contributed by atoms with Crippen LogP contribution in [0.1, 0.15) is 19.3 Å². The maximum absolute atomic E-state index is 12.0. The molecule has 2 amide bonds. The van der Waals surface area contributed by atoms with Gasteiger partial charge in [0.05, 0.1) is 24.3 Å². The van der Waals surface area contributed by atoms with Gasteiger partial charge in [0.15, 0.2) is 0 Å². The summed E-state index contributed by atoms with van der Waals surface area (Å²) in [6.07, 6.45) is 2.47. The van der Waals surface area contributed by atoms with Crippen LogP contribution in [0.25, 0.3) is 0 Å². The van der Waals surface area contributed by atoms with E-state index in [1.165, 1.54) is 0 Å². The number of nitrogens with one attached hydrogen (secondary N) is 1. The van der Waals surface area contributed by atoms with Crippen molar-refractivity contribution in [2.24, 2.45) is 0 Å². The minimum atomic E-state index is -0.124. The van der Waals surface area contributed by atoms with Gasteiger partial charge in [-0.2, -0.15) is 0 Å². The highest BCUT2D eigenvalue weighted by Gasteiger charge is 2.27. The van der Waals surface area contributed by atoms with Gasteiger partial charge < -0.3 is 20.1 Å². The Morgan fingerprint density at radius 1 is 1.45 bits per heavy atom. The molecule has 7 heteroatoms. The van der Waals surface area contributed by atoms with E-state index in [4.69, 9.17) is 27.9 Å². The Balaban J connectivity index is 1.66. The minimum absolute atomic E-state index is 0.0194. The number of halogens is 2. The van der Waals surface area contributed by atoms with Crippen LogP contribution in [0.3, 0.4) is 0 Å². The fraction of sp³-hybridized carbons (Fsp3) is 0.533. The van der Waals surface area contributed by atoms with Gasteiger partial charge in [-0.3, -0.25) is 0 Å². The zero-order valence-electron chi connectivity index (χ0n) is 12.2. The van der Waals surface area contributed by atoms with Gasteiger partial charge in [0.2, 0.25) is 0 Å². The Morgan fingerprint density at radius 3 is 3.00 bits per heavy atom. The molecule has 0 aliphatic carbocycles. The van der Waals surface area contributed by atoms with Crippen molar-refractivity contribution in [3.05, 3.63) is 28.2 Å². The number of benzene rings is 1. The van der Waals surface area contributed by atoms with Crippen LogP contribution in [0, 0.1) is 0 Å². The van der Waals surface area contributed by atoms with Crippen molar-refractivity contribution < 1.29 is 14.6 Å². The maximum Gasteiger partial charge on any atom is 0.317 e. The lowest BCUT2D eigenvalue weighted by Crippen LogP contribution is -2.44. The van der Waals surface area contributed by atoms with E-state index in [0.29, 0.717) is 41.9 Å². The van der Waals surface area contributed by atoms with E-state index in [0.717, 1.165) is 12.8 Å². The molecule has 1 saturated heterocycles. The highest BCUT2D eigenvalue weighted by Crippen LogP contribution is 2.27. The lowest BCUT2D eigenvalue weighted by atomic mass is 10.2. The number of ether oxygens (including phenoxy) is 1. The molecule has 1 fully saturated rings. The largest absolute Gasteiger partial charge is 0.492 e. The topological polar surface area (TPSA) is 61.8 Å². The minimum Gasteiger partial charge on any atom is -0.492 e. The molecular formula is C15H20Cl2N2O3. The lowest BCUT2D eigenvalue weighted by molar-refractivity contribution is 0.156. The molecule has 0 saturated carbocycles. The first-order valence-electron chi connectivity index (χ1n) is 7.35. The average Bonchev–Trinajstić information content (AvgIpc) is 2.97. The van der Waals surface area contributed by atoms with Gasteiger partial charge in [0, 0.05) is 18.1 Å². The first-order valence-corrected chi connectivity index (χ1v) is 8.10. The molecule has 1 heterocycles. The zero-order valence-corrected chi connectivity index (χ0v) is 13.7. The summed E-state index contributed by atoms with van der Waals surface area (Å²) in [5.74, 6) is 0.581. The molecule has 22 heavy (non-hydrogen) atoms. The van der Waals surface area contributed by atoms with Gasteiger partial charge in [0.1, 0.15) is 5.75 Å². The monoisotopic (exact) mass is 346 g/mol. The maximum atomic E-state index is 12.0. The van der Waals surface area contributed by atoms with Gasteiger partial charge in [-0.15, -0.1) is 0 Å². The molecule has 1 aromatic carbocycles. The molecule has 5 nitrogen and oxygen atoms in total. The number of likely N-dealkylation sites (tertiary alicyclic amines) is 1. The zero-order chi connectivity index (χ0) is 15.9. The molecule has 2 rings (SSSR count). The molecule has 1 aliphatic rings. The summed E-state index contributed by atoms with van der Waals surface area (Å²) < 4.78 is 5.55. The predicted octanol–water partition coefficient (Wildman–Crippen LogP) is 2.93. The number of hydrogen-bond donors (Lipinski definition) is 2. The molecule has 1 aromatic rings. The Kier molecular flexibility index (Phi) is 6.61. The highest BCUT2D eigenvalue weighted by molar-refractivity contribution is 6.35. The second-order valence-corrected chi connectivity index (χ2v) is 6.02. The lowest BCUT2D eigenvalue weighted by Gasteiger charge is -2.23. The quantitative estimate of drug-likeness (QED) is 0.778. The molecule has 0 spiro atoms. The van der Waals surface area contributed by atoms with Crippen molar-refractivity contribution in [3.63, 3.8) is 0 Å². The highest BCUT2D eigenvalue weighted by atomic mass is 35.5. The number of carbonyl (C=O) groups is 1. The van der Waals surface area contributed by atoms with Gasteiger partial charge >= 0.3 is 6.03 Å². The van der Waals surface area contributed by atoms with Gasteiger partial charge in [-0.25, -0.2) is 4.79 Å². The van der Waals surface area contributed by atoms with E-state index >= 15 is 0 Å². The number of amides is 2. The van der Waals surface area contributed by atoms with Crippen LogP contribution in [0.5, 0.6) is 5.75 Å². The van der Waals surface area contributed by atoms with E-state index < -0.39 is 0 Å². The van der Waals surface area contributed by atoms with Gasteiger partial charge in [-0.1, -0.05) is 23.2 Å². The van der Waals surface area contributed by atoms with Crippen LogP contribution < -0.4 is 10.1 Å². The Morgan fingerprint density at radius 2 is 2.27 bits per heavy atom. The molecule has 1 unspecified atom stereocenters. The number of hydrogen-bond acceptors (Lipinski definition) is 3. The van der Waals surface area contributed by atoms with E-state index in [2.05, 4.69) is 5.32 Å². The van der Waals surface area contributed by atoms with E-state index in [-0.39, 0.29) is 18.7 Å². The van der Waals surface area contributed by atoms with Gasteiger partial charge in [0.25, 0.3) is 0 Å². The first-order chi connectivity index (χ1) is 10.6. The number of nitrogens with zero attached hydrogens (tertiary/aromatic N) is 1. The molecule has 1 atom stereocenters. The standard InChI is InChI=1S/C15H20Cl2N2O3/c16-11-4-5-14(13(17)9-11)22-8-2-6-18-15(21)19-7-1-3-12(19)10-20/h4-5,9,12,20H,1-3,6-8,10H2,(H,18,21). The van der Waals surface area contributed by atoms with E-state index in [1.807, 2.05) is 0 Å². The van der Waals surface area contributed by atoms with E-state index in [9.17, 15) is 9.90 Å². The summed E-state index contributed by atoms with van der Waals surface area (Å²) in [7, 11) is 0. The third-order valence-electron chi connectivity index (χ3n) is 3.60. The number of carbonyl (C=O) groups excluding carboxylic acids is 1. The Labute approximate surface area is 140 Å². The second-order valence-electron chi connectivity index (χ2n) is 5.18. The SMILES string of the molecule is O=C(NCCCOc1ccc(Cl)cc1Cl)N1CCCC1CO. The fourth-order valence-electron chi connectivity index (χ4n) is 2.44. The first kappa shape index (κ1) is 17.2. The van der Waals surface area contributed by atoms with Crippen LogP contribution in [0.2, 0.25) is 10.0 Å². The fourth-order valence-corrected chi connectivity index (χ4v) is 2.90. The summed E-state index contributed by atoms with van der Waals surface area (Å²) in [4.78, 5) is 13.7. The second kappa shape index (κ2) is 8.46. The smallest absolute Gasteiger partial charge is 0.317 e. The molecular weight excluding hydrogens is 327 g/mol. The summed E-state index contributed by atoms with van der Waals surface area (Å²) in [6.45, 7) is 1.68. The number of urea groups is 1. The van der Waals surface area contributed by atoms with Crippen LogP contribution in [0.15, 0.2) is 18.2 Å². The normalized spacial score (nSPS) is 17.6. The van der Waals surface area contributed by atoms with Crippen molar-refractivity contribution in [1.82, 2.24) is 10.2 Å². The summed E-state index contributed by atoms with van der Waals surface area (Å²) in [5, 5.41) is 13.1. The summed E-state index contributed by atoms with van der Waals surface area (Å²) in [6, 6.07) is 4.89. The van der Waals surface area contributed by atoms with Crippen molar-refractivity contribution in [2.45, 2.75) is 25.3 Å². The third kappa shape index (κ3) is 4.66. The van der Waals surface area contributed by atoms with Gasteiger partial charge in [-0.05, 0) is 37.5 Å². The van der Waals surface area contributed by atoms with Crippen LogP contribution in [-0.4, -0.2) is 48.4 Å². The molecule has 0 radical (unpaired) electrons. The van der Waals surface area contributed by atoms with Crippen molar-refractivity contribution in [2.75, 3.05) is 26.3 Å².